The molecule has 1 heterocycles. The monoisotopic (exact) mass is 508 g/mol. The van der Waals surface area contributed by atoms with E-state index in [0.29, 0.717) is 24.2 Å². The quantitative estimate of drug-likeness (QED) is 0.382. The van der Waals surface area contributed by atoms with Crippen LogP contribution in [-0.4, -0.2) is 79.2 Å². The first-order valence-corrected chi connectivity index (χ1v) is 13.7. The normalized spacial score (nSPS) is 32.9. The first-order chi connectivity index (χ1) is 16.8. The van der Waals surface area contributed by atoms with Gasteiger partial charge in [-0.1, -0.05) is 45.9 Å². The second-order valence-electron chi connectivity index (χ2n) is 12.1. The molecule has 0 radical (unpaired) electrons. The molecule has 0 unspecified atom stereocenters. The van der Waals surface area contributed by atoms with E-state index in [-0.39, 0.29) is 49.0 Å². The van der Waals surface area contributed by atoms with Crippen LogP contribution in [0.25, 0.3) is 0 Å². The summed E-state index contributed by atoms with van der Waals surface area (Å²) in [4.78, 5) is 24.2. The van der Waals surface area contributed by atoms with Crippen LogP contribution in [0.3, 0.4) is 0 Å². The zero-order valence-corrected chi connectivity index (χ0v) is 23.5. The first-order valence-electron chi connectivity index (χ1n) is 13.7. The van der Waals surface area contributed by atoms with Crippen molar-refractivity contribution in [3.05, 3.63) is 23.8 Å². The number of carbonyl (C=O) groups excluding carboxylic acids is 2. The Balaban J connectivity index is 0.000000572. The Morgan fingerprint density at radius 3 is 2.47 bits per heavy atom. The first kappa shape index (κ1) is 30.5. The predicted molar refractivity (Wildman–Crippen MR) is 141 cm³/mol. The van der Waals surface area contributed by atoms with Crippen molar-refractivity contribution in [2.45, 2.75) is 84.5 Å². The second-order valence-corrected chi connectivity index (χ2v) is 12.1. The Hall–Kier alpha value is -1.70. The fraction of sp³-hybridized carbons (Fsp3) is 0.793. The molecule has 3 rings (SSSR count). The number of hydrogen-bond acceptors (Lipinski definition) is 6. The Bertz CT molecular complexity index is 785. The predicted octanol–water partition coefficient (Wildman–Crippen LogP) is 3.88. The standard InChI is InChI=1S/C24H36O5.C5H14NO/c1-5-15(3)24(27)29-21-11-14(2)10-17-7-6-16(4)20(23(17)21)9-8-19-12-18(25)13-22(26)28-19;1-6(2,3)4-5-7/h6-7,10,14-16,18-21,23,25H,5,8-9,11-13H2,1-4H3;7H,4-5H2,1-3H3/q;+1/t14-,15-,16-,18+,19+,20-,21-,23-;/m0./s1. The van der Waals surface area contributed by atoms with Gasteiger partial charge in [-0.2, -0.15) is 0 Å². The molecule has 1 fully saturated rings. The van der Waals surface area contributed by atoms with Crippen LogP contribution in [0.1, 0.15) is 66.2 Å². The molecule has 8 atom stereocenters. The highest BCUT2D eigenvalue weighted by molar-refractivity contribution is 5.72. The lowest BCUT2D eigenvalue weighted by Gasteiger charge is -2.43. The molecule has 3 aliphatic rings. The number of likely N-dealkylation sites (N-methyl/N-ethyl adjacent to an activating group) is 1. The van der Waals surface area contributed by atoms with Gasteiger partial charge in [-0.15, -0.1) is 0 Å². The number of allylic oxidation sites excluding steroid dienone is 3. The van der Waals surface area contributed by atoms with Gasteiger partial charge in [-0.25, -0.2) is 0 Å². The molecule has 2 N–H and O–H groups in total. The molecule has 7 heteroatoms. The molecule has 0 bridgehead atoms. The van der Waals surface area contributed by atoms with Gasteiger partial charge in [0.2, 0.25) is 0 Å². The third kappa shape index (κ3) is 9.31. The lowest BCUT2D eigenvalue weighted by molar-refractivity contribution is -0.870. The van der Waals surface area contributed by atoms with E-state index in [4.69, 9.17) is 14.6 Å². The second kappa shape index (κ2) is 13.7. The van der Waals surface area contributed by atoms with Gasteiger partial charge in [-0.3, -0.25) is 9.59 Å². The highest BCUT2D eigenvalue weighted by Gasteiger charge is 2.42. The van der Waals surface area contributed by atoms with Crippen molar-refractivity contribution in [2.24, 2.45) is 29.6 Å². The Labute approximate surface area is 218 Å². The minimum atomic E-state index is -0.597. The van der Waals surface area contributed by atoms with Gasteiger partial charge in [0.25, 0.3) is 0 Å². The smallest absolute Gasteiger partial charge is 0.308 e. The highest BCUT2D eigenvalue weighted by atomic mass is 16.5. The van der Waals surface area contributed by atoms with Crippen LogP contribution in [0.5, 0.6) is 0 Å². The van der Waals surface area contributed by atoms with Gasteiger partial charge in [0.05, 0.1) is 46.2 Å². The van der Waals surface area contributed by atoms with E-state index >= 15 is 0 Å². The van der Waals surface area contributed by atoms with E-state index < -0.39 is 6.10 Å². The van der Waals surface area contributed by atoms with Crippen molar-refractivity contribution in [3.63, 3.8) is 0 Å². The van der Waals surface area contributed by atoms with Crippen LogP contribution in [-0.2, 0) is 19.1 Å². The van der Waals surface area contributed by atoms with E-state index in [9.17, 15) is 14.7 Å². The van der Waals surface area contributed by atoms with E-state index in [1.807, 2.05) is 13.8 Å². The molecule has 2 aliphatic carbocycles. The van der Waals surface area contributed by atoms with Crippen molar-refractivity contribution in [3.8, 4) is 0 Å². The fourth-order valence-corrected chi connectivity index (χ4v) is 5.37. The molecule has 0 aromatic carbocycles. The molecular weight excluding hydrogens is 458 g/mol. The number of aliphatic hydroxyl groups excluding tert-OH is 2. The number of ether oxygens (including phenoxy) is 2. The zero-order chi connectivity index (χ0) is 27.0. The Morgan fingerprint density at radius 1 is 1.22 bits per heavy atom. The Morgan fingerprint density at radius 2 is 1.92 bits per heavy atom. The van der Waals surface area contributed by atoms with Crippen molar-refractivity contribution in [1.29, 1.82) is 0 Å². The topological polar surface area (TPSA) is 93.1 Å². The average molecular weight is 509 g/mol. The van der Waals surface area contributed by atoms with Crippen molar-refractivity contribution in [1.82, 2.24) is 0 Å². The lowest BCUT2D eigenvalue weighted by Crippen LogP contribution is -2.42. The molecule has 1 aliphatic heterocycles. The Kier molecular flexibility index (Phi) is 11.6. The molecule has 0 aromatic heterocycles. The summed E-state index contributed by atoms with van der Waals surface area (Å²) in [6, 6.07) is 0. The molecule has 206 valence electrons. The minimum absolute atomic E-state index is 0.0854. The summed E-state index contributed by atoms with van der Waals surface area (Å²) in [5.41, 5.74) is 1.27. The summed E-state index contributed by atoms with van der Waals surface area (Å²) in [6.07, 6.45) is 9.70. The fourth-order valence-electron chi connectivity index (χ4n) is 5.37. The van der Waals surface area contributed by atoms with Crippen molar-refractivity contribution in [2.75, 3.05) is 34.3 Å². The maximum absolute atomic E-state index is 12.5. The van der Waals surface area contributed by atoms with E-state index in [1.165, 1.54) is 5.57 Å². The minimum Gasteiger partial charge on any atom is -0.462 e. The largest absolute Gasteiger partial charge is 0.462 e. The molecule has 36 heavy (non-hydrogen) atoms. The van der Waals surface area contributed by atoms with Crippen LogP contribution in [0.15, 0.2) is 23.8 Å². The summed E-state index contributed by atoms with van der Waals surface area (Å²) < 4.78 is 12.3. The summed E-state index contributed by atoms with van der Waals surface area (Å²) in [7, 11) is 6.16. The molecule has 0 spiro atoms. The van der Waals surface area contributed by atoms with Crippen LogP contribution >= 0.6 is 0 Å². The third-order valence-corrected chi connectivity index (χ3v) is 7.71. The SMILES string of the molecule is CC[C@H](C)C(=O)O[C@H]1C[C@@H](C)C=C2C=C[C@H](C)[C@H](CC[C@@H]3C[C@@H](O)CC(=O)O3)[C@H]21.C[N+](C)(C)CCO. The zero-order valence-electron chi connectivity index (χ0n) is 23.5. The maximum Gasteiger partial charge on any atom is 0.308 e. The number of nitrogens with zero attached hydrogens (tertiary/aromatic N) is 1. The molecule has 0 aromatic rings. The van der Waals surface area contributed by atoms with Crippen molar-refractivity contribution < 1.29 is 33.8 Å². The average Bonchev–Trinajstić information content (AvgIpc) is 2.77. The summed E-state index contributed by atoms with van der Waals surface area (Å²) in [5, 5.41) is 18.3. The molecule has 0 saturated carbocycles. The number of quaternary nitrogens is 1. The highest BCUT2D eigenvalue weighted by Crippen LogP contribution is 2.45. The van der Waals surface area contributed by atoms with Gasteiger partial charge in [0, 0.05) is 12.3 Å². The van der Waals surface area contributed by atoms with E-state index in [1.54, 1.807) is 0 Å². The number of esters is 2. The maximum atomic E-state index is 12.5. The van der Waals surface area contributed by atoms with Crippen molar-refractivity contribution >= 4 is 11.9 Å². The third-order valence-electron chi connectivity index (χ3n) is 7.71. The van der Waals surface area contributed by atoms with Crippen LogP contribution in [0.4, 0.5) is 0 Å². The molecule has 1 saturated heterocycles. The number of rotatable bonds is 8. The van der Waals surface area contributed by atoms with E-state index in [2.05, 4.69) is 53.2 Å². The summed E-state index contributed by atoms with van der Waals surface area (Å²) >= 11 is 0. The number of cyclic esters (lactones) is 1. The van der Waals surface area contributed by atoms with Gasteiger partial charge >= 0.3 is 11.9 Å². The summed E-state index contributed by atoms with van der Waals surface area (Å²) in [6.45, 7) is 9.44. The lowest BCUT2D eigenvalue weighted by atomic mass is 9.65. The number of hydrogen-bond donors (Lipinski definition) is 2. The summed E-state index contributed by atoms with van der Waals surface area (Å²) in [5.74, 6) is 0.755. The van der Waals surface area contributed by atoms with Crippen LogP contribution in [0, 0.1) is 29.6 Å². The number of carbonyl (C=O) groups is 2. The van der Waals surface area contributed by atoms with Gasteiger partial charge in [0.15, 0.2) is 0 Å². The van der Waals surface area contributed by atoms with E-state index in [0.717, 1.165) is 36.7 Å². The molecule has 7 nitrogen and oxygen atoms in total. The van der Waals surface area contributed by atoms with Crippen LogP contribution in [0.2, 0.25) is 0 Å². The number of fused-ring (bicyclic) bond motifs is 1. The molecular formula is C29H50NO6+. The molecule has 0 amide bonds. The van der Waals surface area contributed by atoms with Gasteiger partial charge < -0.3 is 24.2 Å². The van der Waals surface area contributed by atoms with Crippen LogP contribution < -0.4 is 0 Å². The van der Waals surface area contributed by atoms with Gasteiger partial charge in [0.1, 0.15) is 18.8 Å². The number of aliphatic hydroxyl groups is 2. The van der Waals surface area contributed by atoms with Gasteiger partial charge in [-0.05, 0) is 49.0 Å².